The topological polar surface area (TPSA) is 92.8 Å². The van der Waals surface area contributed by atoms with Crippen molar-refractivity contribution in [1.82, 2.24) is 24.8 Å². The molecule has 220 valence electrons. The van der Waals surface area contributed by atoms with Crippen LogP contribution in [0, 0.1) is 18.7 Å². The molecule has 5 rings (SSSR count). The first kappa shape index (κ1) is 30.0. The van der Waals surface area contributed by atoms with Crippen molar-refractivity contribution in [3.8, 4) is 23.1 Å². The van der Waals surface area contributed by atoms with Crippen LogP contribution in [-0.4, -0.2) is 78.1 Å². The number of fused-ring (bicyclic) bond motifs is 2. The number of likely N-dealkylation sites (N-methyl/N-ethyl adjacent to an activating group) is 1. The third-order valence-electron chi connectivity index (χ3n) is 6.82. The maximum absolute atomic E-state index is 15.1. The Morgan fingerprint density at radius 3 is 2.49 bits per heavy atom. The smallest absolute Gasteiger partial charge is 0.236 e. The molecule has 1 aliphatic rings. The van der Waals surface area contributed by atoms with Gasteiger partial charge in [-0.2, -0.15) is 0 Å². The fourth-order valence-electron chi connectivity index (χ4n) is 4.79. The molecule has 10 heteroatoms. The molecular formula is C31H40FN5O4. The van der Waals surface area contributed by atoms with Gasteiger partial charge in [0.15, 0.2) is 23.1 Å². The van der Waals surface area contributed by atoms with E-state index >= 15 is 4.39 Å². The molecule has 0 bridgehead atoms. The molecule has 1 amide bonds. The van der Waals surface area contributed by atoms with Crippen LogP contribution < -0.4 is 14.2 Å². The number of ether oxygens (including phenoxy) is 3. The highest BCUT2D eigenvalue weighted by molar-refractivity contribution is 5.87. The third kappa shape index (κ3) is 7.24. The number of hydrogen-bond acceptors (Lipinski definition) is 7. The van der Waals surface area contributed by atoms with Gasteiger partial charge in [0.1, 0.15) is 6.33 Å². The highest BCUT2D eigenvalue weighted by Crippen LogP contribution is 2.38. The van der Waals surface area contributed by atoms with Crippen LogP contribution in [0.3, 0.4) is 0 Å². The minimum Gasteiger partial charge on any atom is -0.493 e. The Morgan fingerprint density at radius 1 is 1.07 bits per heavy atom. The van der Waals surface area contributed by atoms with Gasteiger partial charge in [0.05, 0.1) is 31.2 Å². The van der Waals surface area contributed by atoms with Crippen LogP contribution in [0.4, 0.5) is 4.39 Å². The maximum Gasteiger partial charge on any atom is 0.236 e. The van der Waals surface area contributed by atoms with Gasteiger partial charge in [0.25, 0.3) is 0 Å². The van der Waals surface area contributed by atoms with Crippen molar-refractivity contribution in [2.24, 2.45) is 5.92 Å². The van der Waals surface area contributed by atoms with Gasteiger partial charge in [0.2, 0.25) is 11.8 Å². The van der Waals surface area contributed by atoms with Gasteiger partial charge in [-0.3, -0.25) is 4.79 Å². The monoisotopic (exact) mass is 565 g/mol. The van der Waals surface area contributed by atoms with Crippen LogP contribution in [-0.2, 0) is 4.79 Å². The molecule has 41 heavy (non-hydrogen) atoms. The van der Waals surface area contributed by atoms with E-state index in [0.29, 0.717) is 52.4 Å². The van der Waals surface area contributed by atoms with Crippen LogP contribution >= 0.6 is 0 Å². The highest BCUT2D eigenvalue weighted by atomic mass is 19.1. The summed E-state index contributed by atoms with van der Waals surface area (Å²) >= 11 is 0. The summed E-state index contributed by atoms with van der Waals surface area (Å²) in [4.78, 5) is 27.9. The predicted octanol–water partition coefficient (Wildman–Crippen LogP) is 5.95. The average molecular weight is 566 g/mol. The van der Waals surface area contributed by atoms with Gasteiger partial charge in [0, 0.05) is 35.8 Å². The van der Waals surface area contributed by atoms with E-state index in [4.69, 9.17) is 14.2 Å². The van der Waals surface area contributed by atoms with E-state index in [1.165, 1.54) is 12.7 Å². The second-order valence-electron chi connectivity index (χ2n) is 10.7. The summed E-state index contributed by atoms with van der Waals surface area (Å²) in [6, 6.07) is 8.63. The zero-order valence-corrected chi connectivity index (χ0v) is 24.8. The SMILES string of the molecule is CCC.COc1cc2c(Oc3ccc4[nH]c(C)cc4c3F)ncnc2cc1OCC1CCN(C(=O)CN(C)C)CC1. The van der Waals surface area contributed by atoms with E-state index in [9.17, 15) is 4.79 Å². The molecule has 2 aromatic heterocycles. The number of nitrogens with one attached hydrogen (secondary N) is 1. The average Bonchev–Trinajstić information content (AvgIpc) is 3.34. The second-order valence-corrected chi connectivity index (χ2v) is 10.7. The molecule has 0 aliphatic carbocycles. The van der Waals surface area contributed by atoms with Crippen molar-refractivity contribution in [2.45, 2.75) is 40.0 Å². The predicted molar refractivity (Wildman–Crippen MR) is 158 cm³/mol. The summed E-state index contributed by atoms with van der Waals surface area (Å²) in [5.41, 5.74) is 2.16. The highest BCUT2D eigenvalue weighted by Gasteiger charge is 2.24. The standard InChI is InChI=1S/C28H32FN5O4.C3H8/c1-17-11-19-21(32-17)5-6-23(27(19)29)38-28-20-12-24(36-4)25(13-22(20)30-16-31-28)37-15-18-7-9-34(10-8-18)26(35)14-33(2)3;1-3-2/h5-6,11-13,16,18,32H,7-10,14-15H2,1-4H3;3H2,1-2H3. The Morgan fingerprint density at radius 2 is 1.80 bits per heavy atom. The zero-order valence-electron chi connectivity index (χ0n) is 24.8. The Balaban J connectivity index is 0.00000124. The maximum atomic E-state index is 15.1. The fourth-order valence-corrected chi connectivity index (χ4v) is 4.79. The van der Waals surface area contributed by atoms with Gasteiger partial charge in [-0.15, -0.1) is 0 Å². The van der Waals surface area contributed by atoms with Crippen molar-refractivity contribution < 1.29 is 23.4 Å². The molecule has 0 spiro atoms. The number of methoxy groups -OCH3 is 1. The molecule has 1 fully saturated rings. The Kier molecular flexibility index (Phi) is 9.99. The zero-order chi connectivity index (χ0) is 29.5. The number of piperidine rings is 1. The molecule has 0 atom stereocenters. The lowest BCUT2D eigenvalue weighted by atomic mass is 9.97. The summed E-state index contributed by atoms with van der Waals surface area (Å²) in [6.45, 7) is 8.52. The molecule has 1 N–H and O–H groups in total. The lowest BCUT2D eigenvalue weighted by Crippen LogP contribution is -2.43. The van der Waals surface area contributed by atoms with E-state index in [0.717, 1.165) is 31.6 Å². The molecule has 3 heterocycles. The normalized spacial score (nSPS) is 13.8. The summed E-state index contributed by atoms with van der Waals surface area (Å²) in [5, 5.41) is 1.04. The number of likely N-dealkylation sites (tertiary alicyclic amines) is 1. The lowest BCUT2D eigenvalue weighted by molar-refractivity contribution is -0.133. The lowest BCUT2D eigenvalue weighted by Gasteiger charge is -2.32. The fraction of sp³-hybridized carbons (Fsp3) is 0.452. The molecule has 4 aromatic rings. The van der Waals surface area contributed by atoms with Crippen LogP contribution in [0.2, 0.25) is 0 Å². The van der Waals surface area contributed by atoms with Crippen LogP contribution in [0.1, 0.15) is 38.8 Å². The van der Waals surface area contributed by atoms with Gasteiger partial charge in [-0.25, -0.2) is 14.4 Å². The first-order valence-electron chi connectivity index (χ1n) is 14.1. The summed E-state index contributed by atoms with van der Waals surface area (Å²) < 4.78 is 32.8. The largest absolute Gasteiger partial charge is 0.493 e. The number of nitrogens with zero attached hydrogens (tertiary/aromatic N) is 4. The Hall–Kier alpha value is -3.92. The summed E-state index contributed by atoms with van der Waals surface area (Å²) in [5.74, 6) is 1.40. The van der Waals surface area contributed by atoms with Crippen molar-refractivity contribution in [1.29, 1.82) is 0 Å². The first-order chi connectivity index (χ1) is 19.7. The van der Waals surface area contributed by atoms with Crippen LogP contribution in [0.25, 0.3) is 21.8 Å². The minimum atomic E-state index is -0.458. The van der Waals surface area contributed by atoms with E-state index < -0.39 is 5.82 Å². The van der Waals surface area contributed by atoms with Crippen molar-refractivity contribution >= 4 is 27.7 Å². The first-order valence-corrected chi connectivity index (χ1v) is 14.1. The second kappa shape index (κ2) is 13.6. The third-order valence-corrected chi connectivity index (χ3v) is 6.82. The number of H-pyrrole nitrogens is 1. The van der Waals surface area contributed by atoms with E-state index in [1.54, 1.807) is 37.4 Å². The molecule has 1 aliphatic heterocycles. The number of aromatic nitrogens is 3. The molecule has 9 nitrogen and oxygen atoms in total. The number of rotatable bonds is 8. The molecule has 0 radical (unpaired) electrons. The molecule has 1 saturated heterocycles. The van der Waals surface area contributed by atoms with E-state index in [2.05, 4.69) is 28.8 Å². The van der Waals surface area contributed by atoms with Gasteiger partial charge in [-0.05, 0) is 64.0 Å². The summed E-state index contributed by atoms with van der Waals surface area (Å²) in [6.07, 6.45) is 4.39. The number of halogens is 1. The quantitative estimate of drug-likeness (QED) is 0.282. The van der Waals surface area contributed by atoms with E-state index in [-0.39, 0.29) is 17.5 Å². The molecular weight excluding hydrogens is 525 g/mol. The van der Waals surface area contributed by atoms with Crippen molar-refractivity contribution in [2.75, 3.05) is 47.4 Å². The number of carbonyl (C=O) groups is 1. The van der Waals surface area contributed by atoms with Crippen LogP contribution in [0.15, 0.2) is 36.7 Å². The van der Waals surface area contributed by atoms with E-state index in [1.807, 2.05) is 30.8 Å². The van der Waals surface area contributed by atoms with Crippen molar-refractivity contribution in [3.63, 3.8) is 0 Å². The van der Waals surface area contributed by atoms with Crippen LogP contribution in [0.5, 0.6) is 23.1 Å². The molecule has 2 aromatic carbocycles. The number of aromatic amines is 1. The minimum absolute atomic E-state index is 0.0752. The number of carbonyl (C=O) groups excluding carboxylic acids is 1. The molecule has 0 unspecified atom stereocenters. The number of benzene rings is 2. The van der Waals surface area contributed by atoms with Crippen molar-refractivity contribution in [3.05, 3.63) is 48.2 Å². The Labute approximate surface area is 240 Å². The number of amides is 1. The number of aryl methyl sites for hydroxylation is 1. The van der Waals surface area contributed by atoms with Gasteiger partial charge >= 0.3 is 0 Å². The van der Waals surface area contributed by atoms with Gasteiger partial charge < -0.3 is 29.0 Å². The molecule has 0 saturated carbocycles. The number of hydrogen-bond donors (Lipinski definition) is 1. The Bertz CT molecular complexity index is 1480. The van der Waals surface area contributed by atoms with Gasteiger partial charge in [-0.1, -0.05) is 20.3 Å². The summed E-state index contributed by atoms with van der Waals surface area (Å²) in [7, 11) is 5.36.